The Morgan fingerprint density at radius 2 is 2.11 bits per heavy atom. The number of hydrogen-bond donors (Lipinski definition) is 0. The van der Waals surface area contributed by atoms with Crippen LogP contribution in [0.25, 0.3) is 0 Å². The first kappa shape index (κ1) is 13.5. The van der Waals surface area contributed by atoms with Crippen LogP contribution in [-0.2, 0) is 20.8 Å². The highest BCUT2D eigenvalue weighted by Crippen LogP contribution is 2.12. The van der Waals surface area contributed by atoms with Crippen molar-refractivity contribution < 1.29 is 19.1 Å². The summed E-state index contributed by atoms with van der Waals surface area (Å²) in [5, 5.41) is 8.79. The van der Waals surface area contributed by atoms with E-state index < -0.39 is 11.9 Å². The fraction of sp³-hybridized carbons (Fsp3) is 0.250. The van der Waals surface area contributed by atoms with Gasteiger partial charge in [0, 0.05) is 11.8 Å². The maximum atomic E-state index is 11.5. The van der Waals surface area contributed by atoms with Crippen LogP contribution in [0.3, 0.4) is 0 Å². The van der Waals surface area contributed by atoms with Crippen molar-refractivity contribution in [1.82, 2.24) is 4.57 Å². The molecular weight excluding hydrogens is 236 g/mol. The Labute approximate surface area is 104 Å². The highest BCUT2D eigenvalue weighted by atomic mass is 16.5. The second-order valence-corrected chi connectivity index (χ2v) is 3.44. The van der Waals surface area contributed by atoms with E-state index in [4.69, 9.17) is 5.26 Å². The van der Waals surface area contributed by atoms with Gasteiger partial charge in [0.15, 0.2) is 0 Å². The van der Waals surface area contributed by atoms with Crippen molar-refractivity contribution in [3.05, 3.63) is 35.7 Å². The second kappa shape index (κ2) is 5.68. The van der Waals surface area contributed by atoms with Crippen molar-refractivity contribution >= 4 is 11.9 Å². The topological polar surface area (TPSA) is 81.3 Å². The third-order valence-electron chi connectivity index (χ3n) is 2.26. The number of carbonyl (C=O) groups is 2. The van der Waals surface area contributed by atoms with E-state index in [1.807, 2.05) is 6.07 Å². The molecule has 0 atom stereocenters. The lowest BCUT2D eigenvalue weighted by Gasteiger charge is -2.08. The van der Waals surface area contributed by atoms with Crippen LogP contribution in [-0.4, -0.2) is 30.7 Å². The number of nitrogens with zero attached hydrogens (tertiary/aromatic N) is 2. The van der Waals surface area contributed by atoms with E-state index in [1.165, 1.54) is 31.0 Å². The molecule has 0 radical (unpaired) electrons. The SMILES string of the molecule is C=C(Cn1cc(C#N)cc1C(=O)OC)C(=O)OC. The molecular formula is C12H12N2O4. The Kier molecular flexibility index (Phi) is 4.27. The zero-order valence-electron chi connectivity index (χ0n) is 10.1. The third kappa shape index (κ3) is 2.77. The quantitative estimate of drug-likeness (QED) is 0.583. The van der Waals surface area contributed by atoms with Gasteiger partial charge in [-0.25, -0.2) is 9.59 Å². The normalized spacial score (nSPS) is 9.39. The minimum absolute atomic E-state index is 0.0544. The molecule has 0 unspecified atom stereocenters. The van der Waals surface area contributed by atoms with Crippen molar-refractivity contribution in [1.29, 1.82) is 5.26 Å². The van der Waals surface area contributed by atoms with Crippen molar-refractivity contribution in [3.63, 3.8) is 0 Å². The molecule has 0 aliphatic carbocycles. The van der Waals surface area contributed by atoms with Crippen LogP contribution in [0.2, 0.25) is 0 Å². The number of nitriles is 1. The number of methoxy groups -OCH3 is 2. The average Bonchev–Trinajstić information content (AvgIpc) is 2.79. The Bertz CT molecular complexity index is 537. The molecule has 0 aliphatic heterocycles. The molecule has 94 valence electrons. The number of esters is 2. The summed E-state index contributed by atoms with van der Waals surface area (Å²) in [5.74, 6) is -1.16. The highest BCUT2D eigenvalue weighted by molar-refractivity contribution is 5.90. The number of ether oxygens (including phenoxy) is 2. The largest absolute Gasteiger partial charge is 0.466 e. The first-order valence-electron chi connectivity index (χ1n) is 4.98. The Hall–Kier alpha value is -2.55. The maximum absolute atomic E-state index is 11.5. The van der Waals surface area contributed by atoms with Crippen molar-refractivity contribution in [2.75, 3.05) is 14.2 Å². The van der Waals surface area contributed by atoms with Gasteiger partial charge in [0.05, 0.1) is 26.3 Å². The van der Waals surface area contributed by atoms with Gasteiger partial charge in [0.1, 0.15) is 11.8 Å². The lowest BCUT2D eigenvalue weighted by molar-refractivity contribution is -0.136. The fourth-order valence-corrected chi connectivity index (χ4v) is 1.39. The summed E-state index contributed by atoms with van der Waals surface area (Å²) < 4.78 is 10.5. The number of carbonyl (C=O) groups excluding carboxylic acids is 2. The van der Waals surface area contributed by atoms with Crippen LogP contribution in [0.5, 0.6) is 0 Å². The minimum atomic E-state index is -0.589. The molecule has 0 fully saturated rings. The molecule has 6 nitrogen and oxygen atoms in total. The lowest BCUT2D eigenvalue weighted by atomic mass is 10.3. The van der Waals surface area contributed by atoms with E-state index >= 15 is 0 Å². The van der Waals surface area contributed by atoms with Crippen molar-refractivity contribution in [3.8, 4) is 6.07 Å². The number of aromatic nitrogens is 1. The summed E-state index contributed by atoms with van der Waals surface area (Å²) in [6.07, 6.45) is 1.44. The van der Waals surface area contributed by atoms with Gasteiger partial charge in [-0.1, -0.05) is 6.58 Å². The molecule has 1 rings (SSSR count). The van der Waals surface area contributed by atoms with Gasteiger partial charge in [-0.2, -0.15) is 5.26 Å². The van der Waals surface area contributed by atoms with Crippen LogP contribution in [0, 0.1) is 11.3 Å². The summed E-state index contributed by atoms with van der Waals surface area (Å²) in [5.41, 5.74) is 0.648. The molecule has 0 aliphatic rings. The first-order chi connectivity index (χ1) is 8.53. The van der Waals surface area contributed by atoms with E-state index in [1.54, 1.807) is 0 Å². The molecule has 0 saturated heterocycles. The molecule has 0 amide bonds. The Balaban J connectivity index is 3.05. The first-order valence-corrected chi connectivity index (χ1v) is 4.98. The van der Waals surface area contributed by atoms with Gasteiger partial charge in [0.25, 0.3) is 0 Å². The predicted molar refractivity (Wildman–Crippen MR) is 61.6 cm³/mol. The van der Waals surface area contributed by atoms with Gasteiger partial charge in [-0.05, 0) is 6.07 Å². The van der Waals surface area contributed by atoms with Crippen LogP contribution in [0.4, 0.5) is 0 Å². The molecule has 1 heterocycles. The van der Waals surface area contributed by atoms with E-state index in [2.05, 4.69) is 16.1 Å². The van der Waals surface area contributed by atoms with Gasteiger partial charge >= 0.3 is 11.9 Å². The van der Waals surface area contributed by atoms with Crippen LogP contribution < -0.4 is 0 Å². The maximum Gasteiger partial charge on any atom is 0.354 e. The third-order valence-corrected chi connectivity index (χ3v) is 2.26. The monoisotopic (exact) mass is 248 g/mol. The Morgan fingerprint density at radius 1 is 1.44 bits per heavy atom. The van der Waals surface area contributed by atoms with E-state index in [0.717, 1.165) is 0 Å². The van der Waals surface area contributed by atoms with Crippen molar-refractivity contribution in [2.24, 2.45) is 0 Å². The fourth-order valence-electron chi connectivity index (χ4n) is 1.39. The number of hydrogen-bond acceptors (Lipinski definition) is 5. The van der Waals surface area contributed by atoms with Crippen LogP contribution >= 0.6 is 0 Å². The highest BCUT2D eigenvalue weighted by Gasteiger charge is 2.16. The standard InChI is InChI=1S/C12H12N2O4/c1-8(11(15)17-2)6-14-7-9(5-13)4-10(14)12(16)18-3/h4,7H,1,6H2,2-3H3. The van der Waals surface area contributed by atoms with E-state index in [-0.39, 0.29) is 17.8 Å². The molecule has 0 spiro atoms. The molecule has 0 saturated carbocycles. The average molecular weight is 248 g/mol. The zero-order chi connectivity index (χ0) is 13.7. The van der Waals surface area contributed by atoms with Gasteiger partial charge in [-0.3, -0.25) is 0 Å². The molecule has 18 heavy (non-hydrogen) atoms. The summed E-state index contributed by atoms with van der Waals surface area (Å²) in [7, 11) is 2.48. The summed E-state index contributed by atoms with van der Waals surface area (Å²) in [6, 6.07) is 3.29. The summed E-state index contributed by atoms with van der Waals surface area (Å²) in [4.78, 5) is 22.7. The Morgan fingerprint density at radius 3 is 2.61 bits per heavy atom. The van der Waals surface area contributed by atoms with Crippen LogP contribution in [0.1, 0.15) is 16.1 Å². The van der Waals surface area contributed by atoms with E-state index in [9.17, 15) is 9.59 Å². The predicted octanol–water partition coefficient (Wildman–Crippen LogP) is 0.876. The lowest BCUT2D eigenvalue weighted by Crippen LogP contribution is -2.15. The van der Waals surface area contributed by atoms with Gasteiger partial charge < -0.3 is 14.0 Å². The molecule has 0 aromatic carbocycles. The number of rotatable bonds is 4. The zero-order valence-corrected chi connectivity index (χ0v) is 10.1. The molecule has 6 heteroatoms. The summed E-state index contributed by atoms with van der Waals surface area (Å²) >= 11 is 0. The van der Waals surface area contributed by atoms with Gasteiger partial charge in [-0.15, -0.1) is 0 Å². The molecule has 1 aromatic heterocycles. The second-order valence-electron chi connectivity index (χ2n) is 3.44. The molecule has 0 N–H and O–H groups in total. The van der Waals surface area contributed by atoms with Crippen molar-refractivity contribution in [2.45, 2.75) is 6.54 Å². The smallest absolute Gasteiger partial charge is 0.354 e. The van der Waals surface area contributed by atoms with Crippen LogP contribution in [0.15, 0.2) is 24.4 Å². The summed E-state index contributed by atoms with van der Waals surface area (Å²) in [6.45, 7) is 3.61. The molecule has 0 bridgehead atoms. The minimum Gasteiger partial charge on any atom is -0.466 e. The molecule has 1 aromatic rings. The van der Waals surface area contributed by atoms with Gasteiger partial charge in [0.2, 0.25) is 0 Å². The van der Waals surface area contributed by atoms with E-state index in [0.29, 0.717) is 5.56 Å².